The molecule has 0 saturated heterocycles. The Labute approximate surface area is 113 Å². The highest BCUT2D eigenvalue weighted by Crippen LogP contribution is 2.09. The topological polar surface area (TPSA) is 69.6 Å². The van der Waals surface area contributed by atoms with Crippen molar-refractivity contribution in [3.05, 3.63) is 35.4 Å². The van der Waals surface area contributed by atoms with E-state index in [1.54, 1.807) is 36.2 Å². The van der Waals surface area contributed by atoms with Crippen molar-refractivity contribution in [1.29, 1.82) is 0 Å². The first kappa shape index (κ1) is 15.2. The summed E-state index contributed by atoms with van der Waals surface area (Å²) in [5.41, 5.74) is 0.914. The van der Waals surface area contributed by atoms with Gasteiger partial charge in [0, 0.05) is 31.3 Å². The fourth-order valence-electron chi connectivity index (χ4n) is 1.83. The van der Waals surface area contributed by atoms with Crippen LogP contribution in [0.4, 0.5) is 0 Å². The summed E-state index contributed by atoms with van der Waals surface area (Å²) in [4.78, 5) is 25.4. The number of nitrogens with one attached hydrogen (secondary N) is 1. The van der Waals surface area contributed by atoms with Crippen molar-refractivity contribution < 1.29 is 14.7 Å². The summed E-state index contributed by atoms with van der Waals surface area (Å²) in [6.45, 7) is 2.79. The van der Waals surface area contributed by atoms with Crippen molar-refractivity contribution in [3.8, 4) is 0 Å². The number of nitrogens with zero attached hydrogens (tertiary/aromatic N) is 1. The van der Waals surface area contributed by atoms with Gasteiger partial charge in [-0.05, 0) is 24.6 Å². The van der Waals surface area contributed by atoms with Gasteiger partial charge in [0.25, 0.3) is 11.8 Å². The molecule has 1 aromatic rings. The molecule has 19 heavy (non-hydrogen) atoms. The molecule has 5 heteroatoms. The second-order valence-electron chi connectivity index (χ2n) is 4.18. The Morgan fingerprint density at radius 2 is 1.95 bits per heavy atom. The van der Waals surface area contributed by atoms with Gasteiger partial charge in [0.1, 0.15) is 0 Å². The molecule has 0 aliphatic carbocycles. The predicted molar refractivity (Wildman–Crippen MR) is 73.1 cm³/mol. The van der Waals surface area contributed by atoms with Gasteiger partial charge >= 0.3 is 0 Å². The van der Waals surface area contributed by atoms with E-state index in [2.05, 4.69) is 5.32 Å². The highest BCUT2D eigenvalue weighted by atomic mass is 16.3. The van der Waals surface area contributed by atoms with E-state index < -0.39 is 0 Å². The predicted octanol–water partition coefficient (Wildman–Crippen LogP) is 0.891. The Kier molecular flexibility index (Phi) is 6.02. The maximum absolute atomic E-state index is 12.3. The summed E-state index contributed by atoms with van der Waals surface area (Å²) < 4.78 is 0. The zero-order valence-corrected chi connectivity index (χ0v) is 11.3. The number of aliphatic hydroxyl groups is 1. The average Bonchev–Trinajstić information content (AvgIpc) is 2.45. The molecule has 1 rings (SSSR count). The van der Waals surface area contributed by atoms with Crippen molar-refractivity contribution >= 4 is 11.8 Å². The largest absolute Gasteiger partial charge is 0.395 e. The minimum absolute atomic E-state index is 0.0686. The van der Waals surface area contributed by atoms with E-state index in [1.807, 2.05) is 6.92 Å². The van der Waals surface area contributed by atoms with Crippen molar-refractivity contribution in [3.63, 3.8) is 0 Å². The second kappa shape index (κ2) is 7.53. The molecule has 0 radical (unpaired) electrons. The summed E-state index contributed by atoms with van der Waals surface area (Å²) in [5.74, 6) is -0.388. The number of carbonyl (C=O) groups is 2. The van der Waals surface area contributed by atoms with Crippen LogP contribution in [0.15, 0.2) is 24.3 Å². The second-order valence-corrected chi connectivity index (χ2v) is 4.18. The Morgan fingerprint density at radius 3 is 2.53 bits per heavy atom. The van der Waals surface area contributed by atoms with Crippen LogP contribution in [0.1, 0.15) is 34.1 Å². The van der Waals surface area contributed by atoms with E-state index >= 15 is 0 Å². The van der Waals surface area contributed by atoms with Gasteiger partial charge in [-0.25, -0.2) is 0 Å². The third kappa shape index (κ3) is 4.06. The van der Waals surface area contributed by atoms with Gasteiger partial charge < -0.3 is 15.3 Å². The zero-order chi connectivity index (χ0) is 14.3. The lowest BCUT2D eigenvalue weighted by molar-refractivity contribution is 0.0722. The number of benzene rings is 1. The van der Waals surface area contributed by atoms with Gasteiger partial charge in [-0.2, -0.15) is 0 Å². The van der Waals surface area contributed by atoms with Gasteiger partial charge in [-0.3, -0.25) is 9.59 Å². The molecule has 0 atom stereocenters. The Bertz CT molecular complexity index is 440. The van der Waals surface area contributed by atoms with Gasteiger partial charge in [-0.15, -0.1) is 0 Å². The summed E-state index contributed by atoms with van der Waals surface area (Å²) in [6.07, 6.45) is 0.820. The monoisotopic (exact) mass is 264 g/mol. The molecular weight excluding hydrogens is 244 g/mol. The molecule has 0 aromatic heterocycles. The Hall–Kier alpha value is -1.88. The lowest BCUT2D eigenvalue weighted by Crippen LogP contribution is -2.34. The van der Waals surface area contributed by atoms with Crippen LogP contribution in [0.3, 0.4) is 0 Å². The first-order valence-corrected chi connectivity index (χ1v) is 6.36. The lowest BCUT2D eigenvalue weighted by atomic mass is 10.1. The fraction of sp³-hybridized carbons (Fsp3) is 0.429. The molecule has 1 aromatic carbocycles. The molecule has 0 bridgehead atoms. The van der Waals surface area contributed by atoms with Crippen LogP contribution in [0.5, 0.6) is 0 Å². The molecular formula is C14H20N2O3. The minimum atomic E-state index is -0.223. The van der Waals surface area contributed by atoms with Crippen LogP contribution < -0.4 is 5.32 Å². The van der Waals surface area contributed by atoms with E-state index in [0.717, 1.165) is 6.42 Å². The zero-order valence-electron chi connectivity index (χ0n) is 11.3. The van der Waals surface area contributed by atoms with E-state index in [0.29, 0.717) is 24.2 Å². The molecule has 104 valence electrons. The van der Waals surface area contributed by atoms with Crippen LogP contribution in [0.2, 0.25) is 0 Å². The number of rotatable bonds is 6. The SMILES string of the molecule is CCCN(CCO)C(=O)c1cccc(C(=O)NC)c1. The number of aliphatic hydroxyl groups excluding tert-OH is 1. The normalized spacial score (nSPS) is 10.1. The Balaban J connectivity index is 2.94. The maximum atomic E-state index is 12.3. The van der Waals surface area contributed by atoms with Gasteiger partial charge in [-0.1, -0.05) is 13.0 Å². The first-order chi connectivity index (χ1) is 9.13. The van der Waals surface area contributed by atoms with Crippen LogP contribution in [0, 0.1) is 0 Å². The van der Waals surface area contributed by atoms with E-state index in [-0.39, 0.29) is 18.4 Å². The molecule has 0 heterocycles. The van der Waals surface area contributed by atoms with Crippen molar-refractivity contribution in [2.45, 2.75) is 13.3 Å². The highest BCUT2D eigenvalue weighted by Gasteiger charge is 2.15. The number of hydrogen-bond acceptors (Lipinski definition) is 3. The van der Waals surface area contributed by atoms with Crippen LogP contribution >= 0.6 is 0 Å². The van der Waals surface area contributed by atoms with Crippen molar-refractivity contribution in [2.24, 2.45) is 0 Å². The van der Waals surface area contributed by atoms with Crippen LogP contribution in [-0.2, 0) is 0 Å². The van der Waals surface area contributed by atoms with Crippen molar-refractivity contribution in [1.82, 2.24) is 10.2 Å². The smallest absolute Gasteiger partial charge is 0.253 e. The van der Waals surface area contributed by atoms with Gasteiger partial charge in [0.05, 0.1) is 6.61 Å². The molecule has 2 N–H and O–H groups in total. The molecule has 2 amide bonds. The third-order valence-corrected chi connectivity index (χ3v) is 2.75. The molecule has 0 fully saturated rings. The molecule has 0 saturated carbocycles. The van der Waals surface area contributed by atoms with Crippen LogP contribution in [0.25, 0.3) is 0 Å². The lowest BCUT2D eigenvalue weighted by Gasteiger charge is -2.21. The van der Waals surface area contributed by atoms with E-state index in [1.165, 1.54) is 0 Å². The fourth-order valence-corrected chi connectivity index (χ4v) is 1.83. The first-order valence-electron chi connectivity index (χ1n) is 6.36. The van der Waals surface area contributed by atoms with E-state index in [9.17, 15) is 9.59 Å². The maximum Gasteiger partial charge on any atom is 0.253 e. The summed E-state index contributed by atoms with van der Waals surface area (Å²) in [7, 11) is 1.55. The van der Waals surface area contributed by atoms with Gasteiger partial charge in [0.2, 0.25) is 0 Å². The Morgan fingerprint density at radius 1 is 1.26 bits per heavy atom. The number of amides is 2. The minimum Gasteiger partial charge on any atom is -0.395 e. The van der Waals surface area contributed by atoms with Gasteiger partial charge in [0.15, 0.2) is 0 Å². The van der Waals surface area contributed by atoms with Crippen LogP contribution in [-0.4, -0.2) is 48.6 Å². The third-order valence-electron chi connectivity index (χ3n) is 2.75. The molecule has 0 aliphatic rings. The summed E-state index contributed by atoms with van der Waals surface area (Å²) in [6, 6.07) is 6.59. The molecule has 0 aliphatic heterocycles. The summed E-state index contributed by atoms with van der Waals surface area (Å²) >= 11 is 0. The standard InChI is InChI=1S/C14H20N2O3/c1-3-7-16(8-9-17)14(19)12-6-4-5-11(10-12)13(18)15-2/h4-6,10,17H,3,7-9H2,1-2H3,(H,15,18). The average molecular weight is 264 g/mol. The highest BCUT2D eigenvalue weighted by molar-refractivity contribution is 5.99. The molecule has 0 unspecified atom stereocenters. The molecule has 0 spiro atoms. The summed E-state index contributed by atoms with van der Waals surface area (Å²) in [5, 5.41) is 11.5. The van der Waals surface area contributed by atoms with Crippen molar-refractivity contribution in [2.75, 3.05) is 26.7 Å². The number of carbonyl (C=O) groups excluding carboxylic acids is 2. The molecule has 5 nitrogen and oxygen atoms in total. The van der Waals surface area contributed by atoms with E-state index in [4.69, 9.17) is 5.11 Å². The quantitative estimate of drug-likeness (QED) is 0.801. The number of hydrogen-bond donors (Lipinski definition) is 2.